The first kappa shape index (κ1) is 12.8. The third-order valence-corrected chi connectivity index (χ3v) is 2.97. The average molecular weight is 276 g/mol. The van der Waals surface area contributed by atoms with E-state index in [1.165, 1.54) is 0 Å². The number of hydrogen-bond acceptors (Lipinski definition) is 8. The Balaban J connectivity index is 1.77. The quantitative estimate of drug-likeness (QED) is 0.513. The molecule has 2 aromatic rings. The van der Waals surface area contributed by atoms with E-state index in [9.17, 15) is 0 Å². The van der Waals surface area contributed by atoms with E-state index in [0.717, 1.165) is 19.4 Å². The molecule has 1 unspecified atom stereocenters. The normalized spacial score (nSPS) is 18.1. The van der Waals surface area contributed by atoms with Crippen molar-refractivity contribution in [2.45, 2.75) is 18.9 Å². The molecule has 4 N–H and O–H groups in total. The molecule has 0 spiro atoms. The minimum Gasteiger partial charge on any atom is -0.376 e. The van der Waals surface area contributed by atoms with E-state index >= 15 is 0 Å². The molecule has 9 nitrogen and oxygen atoms in total. The summed E-state index contributed by atoms with van der Waals surface area (Å²) in [6.45, 7) is 1.48. The monoisotopic (exact) mass is 276 g/mol. The summed E-state index contributed by atoms with van der Waals surface area (Å²) in [6.07, 6.45) is 5.75. The highest BCUT2D eigenvalue weighted by Crippen LogP contribution is 2.13. The van der Waals surface area contributed by atoms with Gasteiger partial charge in [0.1, 0.15) is 0 Å². The number of nitrogens with one attached hydrogen (secondary N) is 2. The number of anilines is 2. The molecular formula is C11H16N8O. The van der Waals surface area contributed by atoms with Crippen molar-refractivity contribution in [3.8, 4) is 5.95 Å². The molecule has 1 atom stereocenters. The van der Waals surface area contributed by atoms with Crippen LogP contribution in [0.4, 0.5) is 11.9 Å². The van der Waals surface area contributed by atoms with Crippen LogP contribution in [0.2, 0.25) is 0 Å². The lowest BCUT2D eigenvalue weighted by Gasteiger charge is -2.11. The maximum Gasteiger partial charge on any atom is 0.257 e. The largest absolute Gasteiger partial charge is 0.376 e. The van der Waals surface area contributed by atoms with Crippen molar-refractivity contribution in [2.75, 3.05) is 23.9 Å². The number of nitrogens with two attached hydrogens (primary N) is 1. The van der Waals surface area contributed by atoms with Crippen molar-refractivity contribution in [1.82, 2.24) is 24.7 Å². The Hall–Kier alpha value is -2.26. The molecule has 1 saturated heterocycles. The number of aromatic nitrogens is 5. The van der Waals surface area contributed by atoms with Crippen molar-refractivity contribution in [3.05, 3.63) is 18.5 Å². The summed E-state index contributed by atoms with van der Waals surface area (Å²) in [5.74, 6) is 6.49. The molecule has 106 valence electrons. The number of rotatable bonds is 5. The summed E-state index contributed by atoms with van der Waals surface area (Å²) in [4.78, 5) is 12.6. The molecule has 0 radical (unpaired) electrons. The van der Waals surface area contributed by atoms with Crippen molar-refractivity contribution in [1.29, 1.82) is 0 Å². The van der Waals surface area contributed by atoms with E-state index in [1.807, 2.05) is 0 Å². The minimum atomic E-state index is 0.203. The lowest BCUT2D eigenvalue weighted by atomic mass is 10.2. The summed E-state index contributed by atoms with van der Waals surface area (Å²) >= 11 is 0. The first-order chi connectivity index (χ1) is 9.85. The summed E-state index contributed by atoms with van der Waals surface area (Å²) in [7, 11) is 0. The van der Waals surface area contributed by atoms with Crippen LogP contribution < -0.4 is 16.6 Å². The van der Waals surface area contributed by atoms with Crippen LogP contribution in [0.3, 0.4) is 0 Å². The van der Waals surface area contributed by atoms with Gasteiger partial charge >= 0.3 is 0 Å². The van der Waals surface area contributed by atoms with Crippen molar-refractivity contribution in [3.63, 3.8) is 0 Å². The number of hydrogen-bond donors (Lipinski definition) is 3. The molecular weight excluding hydrogens is 260 g/mol. The van der Waals surface area contributed by atoms with Crippen molar-refractivity contribution >= 4 is 11.9 Å². The van der Waals surface area contributed by atoms with E-state index in [-0.39, 0.29) is 12.1 Å². The highest BCUT2D eigenvalue weighted by atomic mass is 16.5. The van der Waals surface area contributed by atoms with Crippen LogP contribution in [0.15, 0.2) is 18.5 Å². The van der Waals surface area contributed by atoms with Gasteiger partial charge in [-0.05, 0) is 18.9 Å². The van der Waals surface area contributed by atoms with Crippen LogP contribution in [0.1, 0.15) is 12.8 Å². The molecule has 9 heteroatoms. The van der Waals surface area contributed by atoms with Crippen LogP contribution in [0, 0.1) is 0 Å². The molecule has 2 aromatic heterocycles. The van der Waals surface area contributed by atoms with E-state index in [4.69, 9.17) is 10.6 Å². The van der Waals surface area contributed by atoms with Crippen LogP contribution >= 0.6 is 0 Å². The predicted octanol–water partition coefficient (Wildman–Crippen LogP) is -0.0662. The van der Waals surface area contributed by atoms with Crippen LogP contribution in [0.25, 0.3) is 5.95 Å². The van der Waals surface area contributed by atoms with Crippen LogP contribution in [-0.4, -0.2) is 44.0 Å². The van der Waals surface area contributed by atoms with Crippen molar-refractivity contribution in [2.24, 2.45) is 5.84 Å². The van der Waals surface area contributed by atoms with E-state index in [2.05, 4.69) is 30.8 Å². The zero-order valence-corrected chi connectivity index (χ0v) is 10.9. The standard InChI is InChI=1S/C11H16N8O/c12-18-10-15-9(13-7-8-3-1-6-20-8)16-11(17-10)19-5-2-4-14-19/h2,4-5,8H,1,3,6-7,12H2,(H2,13,15,16,17,18). The highest BCUT2D eigenvalue weighted by Gasteiger charge is 2.16. The van der Waals surface area contributed by atoms with Gasteiger partial charge in [0, 0.05) is 25.5 Å². The van der Waals surface area contributed by atoms with Crippen molar-refractivity contribution < 1.29 is 4.74 Å². The maximum absolute atomic E-state index is 5.54. The zero-order chi connectivity index (χ0) is 13.8. The second kappa shape index (κ2) is 5.80. The molecule has 1 aliphatic heterocycles. The topological polar surface area (TPSA) is 116 Å². The third kappa shape index (κ3) is 2.83. The first-order valence-corrected chi connectivity index (χ1v) is 6.43. The van der Waals surface area contributed by atoms with Gasteiger partial charge in [0.2, 0.25) is 11.9 Å². The number of hydrazine groups is 1. The molecule has 0 aromatic carbocycles. The Kier molecular flexibility index (Phi) is 3.70. The SMILES string of the molecule is NNc1nc(NCC2CCCO2)nc(-n2cccn2)n1. The average Bonchev–Trinajstić information content (AvgIpc) is 3.17. The molecule has 1 aliphatic rings. The van der Waals surface area contributed by atoms with Gasteiger partial charge in [-0.1, -0.05) is 0 Å². The predicted molar refractivity (Wildman–Crippen MR) is 72.2 cm³/mol. The van der Waals surface area contributed by atoms with E-state index in [1.54, 1.807) is 23.1 Å². The van der Waals surface area contributed by atoms with Gasteiger partial charge < -0.3 is 10.1 Å². The minimum absolute atomic E-state index is 0.203. The molecule has 0 aliphatic carbocycles. The van der Waals surface area contributed by atoms with Gasteiger partial charge in [0.05, 0.1) is 6.10 Å². The second-order valence-electron chi connectivity index (χ2n) is 4.39. The molecule has 3 rings (SSSR count). The Morgan fingerprint density at radius 3 is 2.95 bits per heavy atom. The molecule has 20 heavy (non-hydrogen) atoms. The van der Waals surface area contributed by atoms with Crippen LogP contribution in [-0.2, 0) is 4.74 Å². The third-order valence-electron chi connectivity index (χ3n) is 2.97. The number of nitrogens with zero attached hydrogens (tertiary/aromatic N) is 5. The summed E-state index contributed by atoms with van der Waals surface area (Å²) in [6, 6.07) is 1.79. The molecule has 1 fully saturated rings. The molecule has 0 bridgehead atoms. The number of nitrogen functional groups attached to an aromatic ring is 1. The summed E-state index contributed by atoms with van der Waals surface area (Å²) in [5.41, 5.74) is 2.42. The Labute approximate surface area is 115 Å². The Bertz CT molecular complexity index is 552. The Morgan fingerprint density at radius 2 is 2.25 bits per heavy atom. The first-order valence-electron chi connectivity index (χ1n) is 6.43. The summed E-state index contributed by atoms with van der Waals surface area (Å²) < 4.78 is 7.08. The van der Waals surface area contributed by atoms with Gasteiger partial charge in [0.15, 0.2) is 0 Å². The lowest BCUT2D eigenvalue weighted by molar-refractivity contribution is 0.120. The highest BCUT2D eigenvalue weighted by molar-refractivity contribution is 5.37. The lowest BCUT2D eigenvalue weighted by Crippen LogP contribution is -2.21. The van der Waals surface area contributed by atoms with Gasteiger partial charge in [-0.2, -0.15) is 20.1 Å². The maximum atomic E-state index is 5.54. The van der Waals surface area contributed by atoms with Gasteiger partial charge in [-0.15, -0.1) is 0 Å². The van der Waals surface area contributed by atoms with E-state index < -0.39 is 0 Å². The Morgan fingerprint density at radius 1 is 1.35 bits per heavy atom. The molecule has 0 amide bonds. The summed E-state index contributed by atoms with van der Waals surface area (Å²) in [5, 5.41) is 7.22. The van der Waals surface area contributed by atoms with Crippen LogP contribution in [0.5, 0.6) is 0 Å². The fourth-order valence-corrected chi connectivity index (χ4v) is 2.01. The second-order valence-corrected chi connectivity index (χ2v) is 4.39. The van der Waals surface area contributed by atoms with Gasteiger partial charge in [0.25, 0.3) is 5.95 Å². The van der Waals surface area contributed by atoms with E-state index in [0.29, 0.717) is 18.4 Å². The van der Waals surface area contributed by atoms with Gasteiger partial charge in [-0.25, -0.2) is 10.5 Å². The smallest absolute Gasteiger partial charge is 0.257 e. The molecule has 3 heterocycles. The fourth-order valence-electron chi connectivity index (χ4n) is 2.01. The van der Waals surface area contributed by atoms with Gasteiger partial charge in [-0.3, -0.25) is 5.43 Å². The number of ether oxygens (including phenoxy) is 1. The zero-order valence-electron chi connectivity index (χ0n) is 10.9. The molecule has 0 saturated carbocycles. The fraction of sp³-hybridized carbons (Fsp3) is 0.455.